The van der Waals surface area contributed by atoms with E-state index in [9.17, 15) is 0 Å². The number of nitrogens with zero attached hydrogens (tertiary/aromatic N) is 3. The molecule has 0 aromatic carbocycles. The quantitative estimate of drug-likeness (QED) is 0.531. The predicted molar refractivity (Wildman–Crippen MR) is 34.4 cm³/mol. The molecule has 0 fully saturated rings. The van der Waals surface area contributed by atoms with Gasteiger partial charge >= 0.3 is 0 Å². The lowest BCUT2D eigenvalue weighted by Gasteiger charge is -1.89. The molecule has 0 spiro atoms. The molecule has 0 aromatic rings. The Kier molecular flexibility index (Phi) is 1.59. The molecule has 2 heterocycles. The van der Waals surface area contributed by atoms with E-state index in [-0.39, 0.29) is 5.48 Å². The van der Waals surface area contributed by atoms with Crippen molar-refractivity contribution in [1.29, 1.82) is 0 Å². The first-order valence-electron chi connectivity index (χ1n) is 2.57. The highest BCUT2D eigenvalue weighted by Gasteiger charge is 2.00. The number of fused-ring (bicyclic) bond motifs is 1. The lowest BCUT2D eigenvalue weighted by atomic mass is 10.4. The van der Waals surface area contributed by atoms with Crippen LogP contribution in [0.15, 0.2) is 18.5 Å². The van der Waals surface area contributed by atoms with Gasteiger partial charge in [0.15, 0.2) is 0 Å². The average Bonchev–Trinajstić information content (AvgIpc) is 2.33. The van der Waals surface area contributed by atoms with Crippen molar-refractivity contribution in [2.24, 2.45) is 0 Å². The molecule has 0 bridgehead atoms. The second-order valence-electron chi connectivity index (χ2n) is 1.70. The van der Waals surface area contributed by atoms with Gasteiger partial charge in [-0.2, -0.15) is 0 Å². The van der Waals surface area contributed by atoms with Crippen LogP contribution in [0.25, 0.3) is 11.4 Å². The van der Waals surface area contributed by atoms with E-state index in [4.69, 9.17) is 0 Å². The Labute approximate surface area is 56.8 Å². The maximum absolute atomic E-state index is 3.98. The van der Waals surface area contributed by atoms with Crippen molar-refractivity contribution in [3.63, 3.8) is 0 Å². The molecule has 0 aliphatic carbocycles. The largest absolute Gasteiger partial charge is 0.412 e. The molecule has 0 saturated carbocycles. The third-order valence-electron chi connectivity index (χ3n) is 1.14. The zero-order valence-corrected chi connectivity index (χ0v) is 5.07. The van der Waals surface area contributed by atoms with Crippen LogP contribution < -0.4 is 0 Å². The van der Waals surface area contributed by atoms with Crippen molar-refractivity contribution < 1.29 is 5.48 Å². The first-order valence-corrected chi connectivity index (χ1v) is 2.57. The van der Waals surface area contributed by atoms with E-state index in [0.717, 1.165) is 11.4 Å². The molecule has 0 atom stereocenters. The first-order chi connectivity index (χ1) is 4.47. The molecule has 0 aromatic heterocycles. The summed E-state index contributed by atoms with van der Waals surface area (Å²) in [5, 5.41) is 9.89. The minimum atomic E-state index is 0. The van der Waals surface area contributed by atoms with Gasteiger partial charge in [-0.1, -0.05) is 5.21 Å². The van der Waals surface area contributed by atoms with E-state index in [0.29, 0.717) is 0 Å². The number of hydrogen-bond acceptors (Lipinski definition) is 3. The summed E-state index contributed by atoms with van der Waals surface area (Å²) in [7, 11) is 0. The Hall–Kier alpha value is -1.49. The monoisotopic (exact) mass is 138 g/mol. The lowest BCUT2D eigenvalue weighted by molar-refractivity contribution is 0.824. The van der Waals surface area contributed by atoms with E-state index in [1.807, 2.05) is 6.07 Å². The third-order valence-corrected chi connectivity index (χ3v) is 1.14. The molecule has 0 unspecified atom stereocenters. The number of nitrogens with one attached hydrogen (secondary N) is 1. The SMILES string of the molecule is O.c1cc2[nH]nncc-2n1. The van der Waals surface area contributed by atoms with Gasteiger partial charge in [-0.15, -0.1) is 5.10 Å². The van der Waals surface area contributed by atoms with E-state index in [2.05, 4.69) is 20.4 Å². The molecule has 0 saturated heterocycles. The summed E-state index contributed by atoms with van der Waals surface area (Å²) in [4.78, 5) is 3.98. The van der Waals surface area contributed by atoms with Gasteiger partial charge in [-0.3, -0.25) is 10.1 Å². The van der Waals surface area contributed by atoms with Crippen LogP contribution in [0.3, 0.4) is 0 Å². The summed E-state index contributed by atoms with van der Waals surface area (Å²) in [6.07, 6.45) is 3.33. The molecule has 2 aliphatic heterocycles. The fraction of sp³-hybridized carbons (Fsp3) is 0. The van der Waals surface area contributed by atoms with Crippen molar-refractivity contribution in [3.8, 4) is 11.4 Å². The van der Waals surface area contributed by atoms with Crippen LogP contribution in [0.2, 0.25) is 0 Å². The van der Waals surface area contributed by atoms with E-state index < -0.39 is 0 Å². The smallest absolute Gasteiger partial charge is 0.108 e. The molecular formula is C5H6N4O. The van der Waals surface area contributed by atoms with Gasteiger partial charge in [0, 0.05) is 6.20 Å². The molecule has 0 amide bonds. The van der Waals surface area contributed by atoms with Gasteiger partial charge in [0.25, 0.3) is 0 Å². The third kappa shape index (κ3) is 0.822. The summed E-state index contributed by atoms with van der Waals surface area (Å²) < 4.78 is 0. The Morgan fingerprint density at radius 3 is 3.10 bits per heavy atom. The van der Waals surface area contributed by atoms with Gasteiger partial charge in [0.05, 0.1) is 11.9 Å². The summed E-state index contributed by atoms with van der Waals surface area (Å²) in [5.74, 6) is 0. The van der Waals surface area contributed by atoms with Gasteiger partial charge < -0.3 is 5.48 Å². The van der Waals surface area contributed by atoms with Crippen molar-refractivity contribution >= 4 is 0 Å². The van der Waals surface area contributed by atoms with Crippen LogP contribution in [0, 0.1) is 0 Å². The molecule has 0 radical (unpaired) electrons. The lowest BCUT2D eigenvalue weighted by Crippen LogP contribution is -1.88. The van der Waals surface area contributed by atoms with E-state index >= 15 is 0 Å². The second-order valence-corrected chi connectivity index (χ2v) is 1.70. The minimum absolute atomic E-state index is 0. The zero-order chi connectivity index (χ0) is 6.10. The molecular weight excluding hydrogens is 132 g/mol. The first kappa shape index (κ1) is 6.63. The summed E-state index contributed by atoms with van der Waals surface area (Å²) in [6, 6.07) is 1.85. The number of H-pyrrole nitrogens is 1. The van der Waals surface area contributed by atoms with Crippen molar-refractivity contribution in [3.05, 3.63) is 18.5 Å². The zero-order valence-electron chi connectivity index (χ0n) is 5.07. The molecule has 10 heavy (non-hydrogen) atoms. The standard InChI is InChI=1S/C5H4N4.H2O/c1-2-6-5-3-7-9-8-4(1)5;/h1-3H,(H,7,8);1H2. The van der Waals surface area contributed by atoms with Gasteiger partial charge in [-0.05, 0) is 6.07 Å². The summed E-state index contributed by atoms with van der Waals surface area (Å²) >= 11 is 0. The number of hydrogen-bond donors (Lipinski definition) is 1. The van der Waals surface area contributed by atoms with Crippen LogP contribution in [-0.4, -0.2) is 25.9 Å². The number of aromatic amines is 1. The Bertz CT molecular complexity index is 254. The minimum Gasteiger partial charge on any atom is -0.412 e. The van der Waals surface area contributed by atoms with Crippen LogP contribution >= 0.6 is 0 Å². The highest BCUT2D eigenvalue weighted by molar-refractivity contribution is 5.52. The van der Waals surface area contributed by atoms with Crippen molar-refractivity contribution in [2.75, 3.05) is 0 Å². The highest BCUT2D eigenvalue weighted by Crippen LogP contribution is 2.11. The Balaban J connectivity index is 0.000000500. The highest BCUT2D eigenvalue weighted by atomic mass is 16.0. The average molecular weight is 138 g/mol. The van der Waals surface area contributed by atoms with Crippen molar-refractivity contribution in [2.45, 2.75) is 0 Å². The topological polar surface area (TPSA) is 86.0 Å². The number of aromatic nitrogens is 4. The maximum atomic E-state index is 3.98. The molecule has 2 rings (SSSR count). The predicted octanol–water partition coefficient (Wildman–Crippen LogP) is -0.520. The summed E-state index contributed by atoms with van der Waals surface area (Å²) in [6.45, 7) is 0. The molecule has 2 aliphatic rings. The fourth-order valence-electron chi connectivity index (χ4n) is 0.711. The normalized spacial score (nSPS) is 9.20. The van der Waals surface area contributed by atoms with E-state index in [1.165, 1.54) is 0 Å². The second kappa shape index (κ2) is 2.40. The van der Waals surface area contributed by atoms with Gasteiger partial charge in [0.1, 0.15) is 5.69 Å². The Morgan fingerprint density at radius 2 is 2.30 bits per heavy atom. The van der Waals surface area contributed by atoms with Crippen LogP contribution in [-0.2, 0) is 0 Å². The van der Waals surface area contributed by atoms with Crippen molar-refractivity contribution in [1.82, 2.24) is 20.4 Å². The Morgan fingerprint density at radius 1 is 1.40 bits per heavy atom. The maximum Gasteiger partial charge on any atom is 0.108 e. The van der Waals surface area contributed by atoms with Crippen LogP contribution in [0.1, 0.15) is 0 Å². The fourth-order valence-corrected chi connectivity index (χ4v) is 0.711. The number of rotatable bonds is 0. The molecule has 5 heteroatoms. The van der Waals surface area contributed by atoms with Crippen LogP contribution in [0.5, 0.6) is 0 Å². The van der Waals surface area contributed by atoms with E-state index in [1.54, 1.807) is 12.4 Å². The summed E-state index contributed by atoms with van der Waals surface area (Å²) in [5.41, 5.74) is 1.77. The molecule has 3 N–H and O–H groups in total. The molecule has 52 valence electrons. The van der Waals surface area contributed by atoms with Crippen LogP contribution in [0.4, 0.5) is 0 Å². The van der Waals surface area contributed by atoms with Gasteiger partial charge in [-0.25, -0.2) is 0 Å². The molecule has 5 nitrogen and oxygen atoms in total. The van der Waals surface area contributed by atoms with Gasteiger partial charge in [0.2, 0.25) is 0 Å².